The van der Waals surface area contributed by atoms with Gasteiger partial charge in [0, 0.05) is 33.6 Å². The summed E-state index contributed by atoms with van der Waals surface area (Å²) in [4.78, 5) is 20.6. The van der Waals surface area contributed by atoms with E-state index in [1.165, 1.54) is 0 Å². The maximum absolute atomic E-state index is 13.0. The zero-order chi connectivity index (χ0) is 20.3. The number of carbonyl (C=O) groups is 1. The lowest BCUT2D eigenvalue weighted by molar-refractivity contribution is 0.0951. The molecule has 5 nitrogen and oxygen atoms in total. The Balaban J connectivity index is 1.49. The van der Waals surface area contributed by atoms with Crippen LogP contribution in [0.15, 0.2) is 96.2 Å². The number of nitrogens with zero attached hydrogens (tertiary/aromatic N) is 2. The Morgan fingerprint density at radius 2 is 1.60 bits per heavy atom. The summed E-state index contributed by atoms with van der Waals surface area (Å²) < 4.78 is 0. The van der Waals surface area contributed by atoms with Gasteiger partial charge in [0.05, 0.1) is 11.7 Å². The molecule has 2 heterocycles. The van der Waals surface area contributed by atoms with Gasteiger partial charge in [-0.15, -0.1) is 0 Å². The number of hydrazone groups is 1. The number of aromatic amines is 1. The van der Waals surface area contributed by atoms with Crippen LogP contribution in [-0.2, 0) is 0 Å². The Labute approximate surface area is 173 Å². The van der Waals surface area contributed by atoms with Crippen LogP contribution in [0.3, 0.4) is 0 Å². The molecule has 0 fully saturated rings. The first-order valence-electron chi connectivity index (χ1n) is 9.64. The van der Waals surface area contributed by atoms with Crippen LogP contribution in [0, 0.1) is 0 Å². The lowest BCUT2D eigenvalue weighted by Crippen LogP contribution is -2.18. The van der Waals surface area contributed by atoms with E-state index in [1.54, 1.807) is 12.4 Å². The van der Waals surface area contributed by atoms with Gasteiger partial charge in [-0.2, -0.15) is 5.10 Å². The zero-order valence-electron chi connectivity index (χ0n) is 16.0. The van der Waals surface area contributed by atoms with Gasteiger partial charge in [-0.1, -0.05) is 66.7 Å². The first-order valence-corrected chi connectivity index (χ1v) is 9.64. The average Bonchev–Trinajstić information content (AvgIpc) is 3.19. The fraction of sp³-hybridized carbons (Fsp3) is 0. The van der Waals surface area contributed by atoms with Crippen LogP contribution in [0.1, 0.15) is 16.1 Å². The Hall–Kier alpha value is -4.25. The van der Waals surface area contributed by atoms with Gasteiger partial charge in [-0.05, 0) is 23.8 Å². The molecule has 144 valence electrons. The van der Waals surface area contributed by atoms with E-state index in [9.17, 15) is 4.79 Å². The Kier molecular flexibility index (Phi) is 4.54. The molecular weight excluding hydrogens is 372 g/mol. The summed E-state index contributed by atoms with van der Waals surface area (Å²) in [6.45, 7) is 0. The Morgan fingerprint density at radius 3 is 2.47 bits per heavy atom. The van der Waals surface area contributed by atoms with E-state index in [1.807, 2.05) is 84.9 Å². The predicted molar refractivity (Wildman–Crippen MR) is 121 cm³/mol. The fourth-order valence-electron chi connectivity index (χ4n) is 3.66. The lowest BCUT2D eigenvalue weighted by atomic mass is 10.0. The molecule has 0 atom stereocenters. The lowest BCUT2D eigenvalue weighted by Gasteiger charge is -2.04. The van der Waals surface area contributed by atoms with Crippen molar-refractivity contribution in [1.82, 2.24) is 15.4 Å². The second-order valence-corrected chi connectivity index (χ2v) is 6.90. The van der Waals surface area contributed by atoms with Gasteiger partial charge in [0.15, 0.2) is 0 Å². The Bertz CT molecular complexity index is 1380. The third-order valence-corrected chi connectivity index (χ3v) is 5.05. The van der Waals surface area contributed by atoms with Crippen LogP contribution in [0.2, 0.25) is 0 Å². The molecule has 0 aliphatic heterocycles. The van der Waals surface area contributed by atoms with Crippen molar-refractivity contribution >= 4 is 33.9 Å². The molecule has 5 heteroatoms. The maximum Gasteiger partial charge on any atom is 0.288 e. The number of carbonyl (C=O) groups excluding carboxylic acids is 1. The van der Waals surface area contributed by atoms with Gasteiger partial charge in [0.25, 0.3) is 5.91 Å². The number of aromatic nitrogens is 2. The molecule has 0 aliphatic rings. The molecule has 0 aliphatic carbocycles. The topological polar surface area (TPSA) is 70.1 Å². The number of hydrogen-bond donors (Lipinski definition) is 2. The number of para-hydroxylation sites is 2. The van der Waals surface area contributed by atoms with E-state index in [-0.39, 0.29) is 5.91 Å². The summed E-state index contributed by atoms with van der Waals surface area (Å²) in [6.07, 6.45) is 3.38. The van der Waals surface area contributed by atoms with Crippen molar-refractivity contribution in [2.45, 2.75) is 0 Å². The molecule has 30 heavy (non-hydrogen) atoms. The van der Waals surface area contributed by atoms with Crippen molar-refractivity contribution in [2.24, 2.45) is 5.10 Å². The van der Waals surface area contributed by atoms with Crippen molar-refractivity contribution < 1.29 is 4.79 Å². The van der Waals surface area contributed by atoms with E-state index in [0.717, 1.165) is 38.5 Å². The molecule has 0 bridgehead atoms. The molecule has 3 aromatic carbocycles. The number of fused-ring (bicyclic) bond motifs is 2. The molecule has 2 N–H and O–H groups in total. The van der Waals surface area contributed by atoms with Crippen LogP contribution >= 0.6 is 0 Å². The first-order chi connectivity index (χ1) is 14.8. The van der Waals surface area contributed by atoms with Crippen molar-refractivity contribution in [1.29, 1.82) is 0 Å². The van der Waals surface area contributed by atoms with Gasteiger partial charge < -0.3 is 4.98 Å². The van der Waals surface area contributed by atoms with Crippen molar-refractivity contribution in [3.05, 3.63) is 102 Å². The number of H-pyrrole nitrogens is 1. The summed E-state index contributed by atoms with van der Waals surface area (Å²) in [7, 11) is 0. The second kappa shape index (κ2) is 7.64. The van der Waals surface area contributed by atoms with E-state index < -0.39 is 0 Å². The zero-order valence-corrected chi connectivity index (χ0v) is 16.0. The first kappa shape index (κ1) is 17.8. The highest BCUT2D eigenvalue weighted by Gasteiger charge is 2.18. The minimum Gasteiger partial charge on any atom is -0.350 e. The van der Waals surface area contributed by atoms with E-state index in [4.69, 9.17) is 0 Å². The summed E-state index contributed by atoms with van der Waals surface area (Å²) in [6, 6.07) is 27.5. The summed E-state index contributed by atoms with van der Waals surface area (Å²) in [5, 5.41) is 6.18. The van der Waals surface area contributed by atoms with E-state index in [0.29, 0.717) is 5.69 Å². The number of pyridine rings is 1. The van der Waals surface area contributed by atoms with Crippen LogP contribution in [0.5, 0.6) is 0 Å². The highest BCUT2D eigenvalue weighted by atomic mass is 16.2. The minimum absolute atomic E-state index is 0.292. The number of rotatable bonds is 4. The molecule has 0 radical (unpaired) electrons. The van der Waals surface area contributed by atoms with Crippen LogP contribution < -0.4 is 5.43 Å². The fourth-order valence-corrected chi connectivity index (χ4v) is 3.66. The van der Waals surface area contributed by atoms with Crippen LogP contribution in [0.25, 0.3) is 32.9 Å². The smallest absolute Gasteiger partial charge is 0.288 e. The third-order valence-electron chi connectivity index (χ3n) is 5.05. The Morgan fingerprint density at radius 1 is 0.867 bits per heavy atom. The van der Waals surface area contributed by atoms with Gasteiger partial charge in [0.1, 0.15) is 5.69 Å². The number of benzene rings is 3. The minimum atomic E-state index is -0.292. The summed E-state index contributed by atoms with van der Waals surface area (Å²) >= 11 is 0. The van der Waals surface area contributed by atoms with Gasteiger partial charge in [-0.25, -0.2) is 5.43 Å². The number of nitrogens with one attached hydrogen (secondary N) is 2. The molecule has 2 aromatic heterocycles. The molecule has 5 aromatic rings. The molecule has 1 amide bonds. The molecule has 0 unspecified atom stereocenters. The van der Waals surface area contributed by atoms with E-state index in [2.05, 4.69) is 20.5 Å². The second-order valence-electron chi connectivity index (χ2n) is 6.90. The maximum atomic E-state index is 13.0. The quantitative estimate of drug-likeness (QED) is 0.329. The molecule has 0 saturated heterocycles. The normalized spacial score (nSPS) is 11.3. The van der Waals surface area contributed by atoms with Crippen molar-refractivity contribution in [2.75, 3.05) is 0 Å². The molecule has 5 rings (SSSR count). The van der Waals surface area contributed by atoms with Crippen molar-refractivity contribution in [3.63, 3.8) is 0 Å². The number of amides is 1. The SMILES string of the molecule is O=C(NN=Cc1ccnc2ccccc12)c1[nH]c2ccccc2c1-c1ccccc1. The average molecular weight is 390 g/mol. The van der Waals surface area contributed by atoms with Crippen LogP contribution in [-0.4, -0.2) is 22.1 Å². The van der Waals surface area contributed by atoms with Gasteiger partial charge >= 0.3 is 0 Å². The van der Waals surface area contributed by atoms with Gasteiger partial charge in [-0.3, -0.25) is 9.78 Å². The summed E-state index contributed by atoms with van der Waals surface area (Å²) in [5.74, 6) is -0.292. The van der Waals surface area contributed by atoms with E-state index >= 15 is 0 Å². The molecule has 0 saturated carbocycles. The highest BCUT2D eigenvalue weighted by Crippen LogP contribution is 2.32. The van der Waals surface area contributed by atoms with Crippen LogP contribution in [0.4, 0.5) is 0 Å². The third kappa shape index (κ3) is 3.22. The molecular formula is C25H18N4O. The predicted octanol–water partition coefficient (Wildman–Crippen LogP) is 5.15. The summed E-state index contributed by atoms with van der Waals surface area (Å²) in [5.41, 5.74) is 7.67. The van der Waals surface area contributed by atoms with Gasteiger partial charge in [0.2, 0.25) is 0 Å². The highest BCUT2D eigenvalue weighted by molar-refractivity contribution is 6.10. The number of hydrogen-bond acceptors (Lipinski definition) is 3. The standard InChI is InChI=1S/C25H18N4O/c30-25(29-27-16-18-14-15-26-21-12-6-4-10-19(18)21)24-23(17-8-2-1-3-9-17)20-11-5-7-13-22(20)28-24/h1-16,28H,(H,29,30). The monoisotopic (exact) mass is 390 g/mol. The molecule has 0 spiro atoms. The van der Waals surface area contributed by atoms with Crippen molar-refractivity contribution in [3.8, 4) is 11.1 Å². The largest absolute Gasteiger partial charge is 0.350 e.